The average molecular weight is 277 g/mol. The molecule has 0 bridgehead atoms. The summed E-state index contributed by atoms with van der Waals surface area (Å²) in [5, 5.41) is 16.7. The van der Waals surface area contributed by atoms with Crippen LogP contribution in [0.2, 0.25) is 0 Å². The molecule has 97 valence electrons. The molecule has 0 spiro atoms. The summed E-state index contributed by atoms with van der Waals surface area (Å²) < 4.78 is 0. The summed E-state index contributed by atoms with van der Waals surface area (Å²) in [5.74, 6) is -0.125. The van der Waals surface area contributed by atoms with E-state index in [2.05, 4.69) is 0 Å². The maximum absolute atomic E-state index is 10.0. The molecule has 0 unspecified atom stereocenters. The van der Waals surface area contributed by atoms with Crippen molar-refractivity contribution in [3.63, 3.8) is 0 Å². The molecule has 0 saturated heterocycles. The molecule has 16 heavy (non-hydrogen) atoms. The van der Waals surface area contributed by atoms with E-state index in [0.29, 0.717) is 0 Å². The number of aliphatic hydroxyl groups is 2. The van der Waals surface area contributed by atoms with Gasteiger partial charge in [0, 0.05) is 28.9 Å². The Morgan fingerprint density at radius 1 is 0.812 bits per heavy atom. The van der Waals surface area contributed by atoms with Gasteiger partial charge in [-0.2, -0.15) is 0 Å². The predicted octanol–water partition coefficient (Wildman–Crippen LogP) is 1.25. The minimum absolute atomic E-state index is 0. The smallest absolute Gasteiger partial charge is 0.155 e. The first-order chi connectivity index (χ1) is 6.25. The fourth-order valence-electron chi connectivity index (χ4n) is 0.588. The number of carbonyl (C=O) groups is 2. The summed E-state index contributed by atoms with van der Waals surface area (Å²) in [7, 11) is 0. The molecule has 0 aliphatic heterocycles. The van der Waals surface area contributed by atoms with Gasteiger partial charge in [-0.1, -0.05) is 0 Å². The van der Waals surface area contributed by atoms with Crippen LogP contribution in [0.4, 0.5) is 0 Å². The average Bonchev–Trinajstić information content (AvgIpc) is 1.79. The minimum Gasteiger partial charge on any atom is -0.512 e. The Balaban J connectivity index is -0.0000000800. The summed E-state index contributed by atoms with van der Waals surface area (Å²) in [5.41, 5.74) is 0. The maximum Gasteiger partial charge on any atom is 0.155 e. The van der Waals surface area contributed by atoms with Crippen LogP contribution in [0.5, 0.6) is 0 Å². The van der Waals surface area contributed by atoms with Crippen molar-refractivity contribution in [3.05, 3.63) is 23.7 Å². The number of aliphatic hydroxyl groups excluding tert-OH is 2. The van der Waals surface area contributed by atoms with Crippen molar-refractivity contribution >= 4 is 11.6 Å². The van der Waals surface area contributed by atoms with Gasteiger partial charge < -0.3 is 15.7 Å². The van der Waals surface area contributed by atoms with Gasteiger partial charge in [0.05, 0.1) is 11.5 Å². The Kier molecular flexibility index (Phi) is 21.0. The number of rotatable bonds is 2. The van der Waals surface area contributed by atoms with E-state index in [1.54, 1.807) is 0 Å². The third-order valence-corrected chi connectivity index (χ3v) is 0.824. The normalized spacial score (nSPS) is 10.0. The minimum atomic E-state index is -0.125. The molecular weight excluding hydrogens is 259 g/mol. The van der Waals surface area contributed by atoms with Gasteiger partial charge in [-0.25, -0.2) is 0 Å². The number of hydrogen-bond acceptors (Lipinski definition) is 4. The summed E-state index contributed by atoms with van der Waals surface area (Å²) in [4.78, 5) is 20.0. The second-order valence-electron chi connectivity index (χ2n) is 2.79. The van der Waals surface area contributed by atoms with Crippen LogP contribution in [0.25, 0.3) is 0 Å². The van der Waals surface area contributed by atoms with Crippen molar-refractivity contribution in [1.82, 2.24) is 0 Å². The molecular formula is C10H18CoO5. The fourth-order valence-corrected chi connectivity index (χ4v) is 0.588. The summed E-state index contributed by atoms with van der Waals surface area (Å²) in [6.07, 6.45) is 2.33. The standard InChI is InChI=1S/2C5H8O2.Co.H2O/c2*1-4(6)3-5(2)7;;/h2*3,6H,1-2H3;;1H2. The fraction of sp³-hybridized carbons (Fsp3) is 0.400. The second-order valence-corrected chi connectivity index (χ2v) is 2.79. The molecule has 0 fully saturated rings. The first-order valence-electron chi connectivity index (χ1n) is 4.01. The van der Waals surface area contributed by atoms with E-state index in [-0.39, 0.29) is 45.3 Å². The number of hydrogen-bond donors (Lipinski definition) is 2. The van der Waals surface area contributed by atoms with Gasteiger partial charge in [-0.15, -0.1) is 0 Å². The molecule has 1 radical (unpaired) electrons. The molecule has 0 aromatic carbocycles. The Morgan fingerprint density at radius 2 is 1.00 bits per heavy atom. The number of carbonyl (C=O) groups excluding carboxylic acids is 2. The van der Waals surface area contributed by atoms with E-state index in [1.807, 2.05) is 0 Å². The molecule has 0 atom stereocenters. The van der Waals surface area contributed by atoms with Gasteiger partial charge in [-0.3, -0.25) is 9.59 Å². The van der Waals surface area contributed by atoms with Gasteiger partial charge in [0.15, 0.2) is 11.6 Å². The monoisotopic (exact) mass is 277 g/mol. The van der Waals surface area contributed by atoms with E-state index >= 15 is 0 Å². The third kappa shape index (κ3) is 38.4. The van der Waals surface area contributed by atoms with Crippen LogP contribution in [0, 0.1) is 0 Å². The quantitative estimate of drug-likeness (QED) is 0.585. The molecule has 0 saturated carbocycles. The van der Waals surface area contributed by atoms with Crippen molar-refractivity contribution < 1.29 is 42.1 Å². The first kappa shape index (κ1) is 24.2. The second kappa shape index (κ2) is 13.9. The van der Waals surface area contributed by atoms with Crippen molar-refractivity contribution in [2.45, 2.75) is 27.7 Å². The van der Waals surface area contributed by atoms with Gasteiger partial charge >= 0.3 is 0 Å². The zero-order valence-corrected chi connectivity index (χ0v) is 10.7. The molecule has 4 N–H and O–H groups in total. The molecule has 0 heterocycles. The molecule has 0 aromatic heterocycles. The molecule has 0 amide bonds. The maximum atomic E-state index is 10.0. The Morgan fingerprint density at radius 3 is 1.00 bits per heavy atom. The molecule has 0 aliphatic rings. The Hall–Kier alpha value is -1.11. The predicted molar refractivity (Wildman–Crippen MR) is 57.7 cm³/mol. The summed E-state index contributed by atoms with van der Waals surface area (Å²) in [6.45, 7) is 5.70. The van der Waals surface area contributed by atoms with E-state index in [4.69, 9.17) is 10.2 Å². The van der Waals surface area contributed by atoms with E-state index < -0.39 is 0 Å². The zero-order valence-electron chi connectivity index (χ0n) is 9.70. The van der Waals surface area contributed by atoms with E-state index in [1.165, 1.54) is 39.8 Å². The van der Waals surface area contributed by atoms with Crippen molar-refractivity contribution in [2.24, 2.45) is 0 Å². The Bertz CT molecular complexity index is 232. The molecule has 0 rings (SSSR count). The van der Waals surface area contributed by atoms with Crippen molar-refractivity contribution in [3.8, 4) is 0 Å². The molecule has 5 nitrogen and oxygen atoms in total. The SMILES string of the molecule is CC(=O)C=C(C)O.CC(=O)C=C(C)O.O.[Co]. The topological polar surface area (TPSA) is 106 Å². The van der Waals surface area contributed by atoms with Gasteiger partial charge in [0.2, 0.25) is 0 Å². The molecule has 0 aliphatic carbocycles. The van der Waals surface area contributed by atoms with Gasteiger partial charge in [0.25, 0.3) is 0 Å². The molecule has 6 heteroatoms. The summed E-state index contributed by atoms with van der Waals surface area (Å²) >= 11 is 0. The van der Waals surface area contributed by atoms with Crippen LogP contribution in [-0.4, -0.2) is 27.3 Å². The molecule has 0 aromatic rings. The summed E-state index contributed by atoms with van der Waals surface area (Å²) in [6, 6.07) is 0. The van der Waals surface area contributed by atoms with E-state index in [0.717, 1.165) is 0 Å². The van der Waals surface area contributed by atoms with Gasteiger partial charge in [-0.05, 0) is 27.7 Å². The zero-order chi connectivity index (χ0) is 11.7. The number of ketones is 2. The van der Waals surface area contributed by atoms with Crippen LogP contribution in [-0.2, 0) is 26.4 Å². The largest absolute Gasteiger partial charge is 0.512 e. The third-order valence-electron chi connectivity index (χ3n) is 0.824. The van der Waals surface area contributed by atoms with Crippen molar-refractivity contribution in [1.29, 1.82) is 0 Å². The van der Waals surface area contributed by atoms with Crippen LogP contribution in [0.15, 0.2) is 23.7 Å². The van der Waals surface area contributed by atoms with Crippen LogP contribution in [0.1, 0.15) is 27.7 Å². The van der Waals surface area contributed by atoms with Crippen LogP contribution >= 0.6 is 0 Å². The van der Waals surface area contributed by atoms with Crippen LogP contribution in [0.3, 0.4) is 0 Å². The first-order valence-corrected chi connectivity index (χ1v) is 4.01. The van der Waals surface area contributed by atoms with Gasteiger partial charge in [0.1, 0.15) is 0 Å². The Labute approximate surface area is 105 Å². The van der Waals surface area contributed by atoms with E-state index in [9.17, 15) is 9.59 Å². The number of allylic oxidation sites excluding steroid dienone is 4. The van der Waals surface area contributed by atoms with Crippen molar-refractivity contribution in [2.75, 3.05) is 0 Å². The van der Waals surface area contributed by atoms with Crippen LogP contribution < -0.4 is 0 Å².